The molecule has 2 heteroatoms. The zero-order valence-electron chi connectivity index (χ0n) is 4.79. The van der Waals surface area contributed by atoms with Gasteiger partial charge in [0.15, 0.2) is 0 Å². The lowest BCUT2D eigenvalue weighted by Gasteiger charge is -2.06. The fraction of sp³-hybridized carbons (Fsp3) is 0.333. The van der Waals surface area contributed by atoms with Crippen LogP contribution in [0, 0.1) is 6.10 Å². The van der Waals surface area contributed by atoms with E-state index in [-0.39, 0.29) is 0 Å². The van der Waals surface area contributed by atoms with Crippen molar-refractivity contribution < 1.29 is 4.74 Å². The van der Waals surface area contributed by atoms with Crippen LogP contribution in [0.3, 0.4) is 0 Å². The minimum absolute atomic E-state index is 0.688. The minimum atomic E-state index is 0.688. The molecule has 0 aliphatic carbocycles. The predicted molar refractivity (Wildman–Crippen MR) is 32.8 cm³/mol. The van der Waals surface area contributed by atoms with Gasteiger partial charge in [-0.2, -0.15) is 0 Å². The number of dihydropyridines is 1. The Morgan fingerprint density at radius 1 is 1.75 bits per heavy atom. The summed E-state index contributed by atoms with van der Waals surface area (Å²) in [7, 11) is 1.65. The summed E-state index contributed by atoms with van der Waals surface area (Å²) >= 11 is 0. The van der Waals surface area contributed by atoms with Crippen LogP contribution in [0.25, 0.3) is 0 Å². The molecule has 0 aromatic carbocycles. The molecule has 0 saturated heterocycles. The molecule has 43 valence electrons. The average Bonchev–Trinajstić information content (AvgIpc) is 1.90. The lowest BCUT2D eigenvalue weighted by molar-refractivity contribution is 0.233. The molecule has 0 aromatic heterocycles. The van der Waals surface area contributed by atoms with Gasteiger partial charge in [-0.3, -0.25) is 4.99 Å². The second-order valence-electron chi connectivity index (χ2n) is 1.52. The summed E-state index contributed by atoms with van der Waals surface area (Å²) in [6.45, 7) is 0.688. The first-order valence-electron chi connectivity index (χ1n) is 2.50. The first kappa shape index (κ1) is 5.51. The van der Waals surface area contributed by atoms with E-state index in [9.17, 15) is 0 Å². The van der Waals surface area contributed by atoms with Crippen molar-refractivity contribution in [1.29, 1.82) is 0 Å². The van der Waals surface area contributed by atoms with E-state index in [2.05, 4.69) is 4.99 Å². The van der Waals surface area contributed by atoms with Gasteiger partial charge >= 0.3 is 0 Å². The Bertz CT molecular complexity index is 118. The number of ether oxygens (including phenoxy) is 1. The molecule has 1 rings (SSSR count). The van der Waals surface area contributed by atoms with E-state index in [1.165, 1.54) is 0 Å². The summed E-state index contributed by atoms with van der Waals surface area (Å²) in [5, 5.41) is 0. The molecule has 1 heterocycles. The van der Waals surface area contributed by atoms with Gasteiger partial charge in [0.05, 0.1) is 6.54 Å². The lowest BCUT2D eigenvalue weighted by atomic mass is 10.3. The zero-order valence-corrected chi connectivity index (χ0v) is 4.79. The fourth-order valence-electron chi connectivity index (χ4n) is 0.539. The number of allylic oxidation sites excluding steroid dienone is 1. The molecule has 1 aliphatic rings. The fourth-order valence-corrected chi connectivity index (χ4v) is 0.539. The van der Waals surface area contributed by atoms with Gasteiger partial charge in [0, 0.05) is 13.3 Å². The van der Waals surface area contributed by atoms with Gasteiger partial charge in [-0.05, 0) is 12.2 Å². The van der Waals surface area contributed by atoms with Crippen LogP contribution in [0.5, 0.6) is 0 Å². The van der Waals surface area contributed by atoms with E-state index in [4.69, 9.17) is 4.74 Å². The largest absolute Gasteiger partial charge is 0.369 e. The summed E-state index contributed by atoms with van der Waals surface area (Å²) in [6.07, 6.45) is 6.46. The third-order valence-electron chi connectivity index (χ3n) is 0.983. The first-order valence-corrected chi connectivity index (χ1v) is 2.50. The van der Waals surface area contributed by atoms with Gasteiger partial charge < -0.3 is 4.74 Å². The predicted octanol–water partition coefficient (Wildman–Crippen LogP) is 0.805. The second-order valence-corrected chi connectivity index (χ2v) is 1.52. The molecule has 0 atom stereocenters. The summed E-state index contributed by atoms with van der Waals surface area (Å²) in [4.78, 5) is 3.96. The van der Waals surface area contributed by atoms with E-state index in [1.807, 2.05) is 12.2 Å². The quantitative estimate of drug-likeness (QED) is 0.489. The van der Waals surface area contributed by atoms with Crippen LogP contribution in [-0.4, -0.2) is 19.9 Å². The van der Waals surface area contributed by atoms with Crippen LogP contribution in [-0.2, 0) is 4.74 Å². The van der Waals surface area contributed by atoms with E-state index in [1.54, 1.807) is 13.3 Å². The maximum atomic E-state index is 4.91. The van der Waals surface area contributed by atoms with Crippen molar-refractivity contribution in [3.05, 3.63) is 18.3 Å². The molecule has 8 heavy (non-hydrogen) atoms. The molecule has 0 spiro atoms. The highest BCUT2D eigenvalue weighted by Gasteiger charge is 2.02. The molecule has 0 unspecified atom stereocenters. The number of hydrogen-bond acceptors (Lipinski definition) is 2. The van der Waals surface area contributed by atoms with Gasteiger partial charge in [-0.1, -0.05) is 0 Å². The van der Waals surface area contributed by atoms with Crippen molar-refractivity contribution in [3.8, 4) is 0 Å². The average molecular weight is 110 g/mol. The van der Waals surface area contributed by atoms with Crippen molar-refractivity contribution >= 4 is 6.21 Å². The normalized spacial score (nSPS) is 19.6. The maximum Gasteiger partial charge on any atom is 0.140 e. The molecule has 1 radical (unpaired) electrons. The third-order valence-corrected chi connectivity index (χ3v) is 0.983. The summed E-state index contributed by atoms with van der Waals surface area (Å²) < 4.78 is 4.91. The molecular formula is C6H8NO. The Kier molecular flexibility index (Phi) is 1.80. The zero-order chi connectivity index (χ0) is 5.82. The lowest BCUT2D eigenvalue weighted by Crippen LogP contribution is -2.03. The van der Waals surface area contributed by atoms with Gasteiger partial charge in [0.2, 0.25) is 0 Å². The van der Waals surface area contributed by atoms with Crippen molar-refractivity contribution in [3.63, 3.8) is 0 Å². The molecule has 1 aliphatic heterocycles. The van der Waals surface area contributed by atoms with Gasteiger partial charge in [-0.25, -0.2) is 0 Å². The molecule has 0 amide bonds. The van der Waals surface area contributed by atoms with Gasteiger partial charge in [0.25, 0.3) is 0 Å². The Balaban J connectivity index is 2.40. The molecular weight excluding hydrogens is 102 g/mol. The van der Waals surface area contributed by atoms with Crippen molar-refractivity contribution in [2.45, 2.75) is 0 Å². The third kappa shape index (κ3) is 1.17. The molecule has 0 saturated carbocycles. The van der Waals surface area contributed by atoms with Crippen LogP contribution >= 0.6 is 0 Å². The van der Waals surface area contributed by atoms with E-state index < -0.39 is 0 Å². The monoisotopic (exact) mass is 110 g/mol. The Morgan fingerprint density at radius 3 is 3.00 bits per heavy atom. The number of nitrogens with zero attached hydrogens (tertiary/aromatic N) is 1. The summed E-state index contributed by atoms with van der Waals surface area (Å²) in [5.74, 6) is 0. The molecule has 0 aromatic rings. The summed E-state index contributed by atoms with van der Waals surface area (Å²) in [6, 6.07) is 0. The molecule has 0 N–H and O–H groups in total. The van der Waals surface area contributed by atoms with Crippen LogP contribution in [0.2, 0.25) is 0 Å². The van der Waals surface area contributed by atoms with Crippen molar-refractivity contribution in [1.82, 2.24) is 0 Å². The van der Waals surface area contributed by atoms with Gasteiger partial charge in [-0.15, -0.1) is 0 Å². The Morgan fingerprint density at radius 2 is 2.62 bits per heavy atom. The maximum absolute atomic E-state index is 4.91. The van der Waals surface area contributed by atoms with Crippen LogP contribution in [0.15, 0.2) is 17.1 Å². The van der Waals surface area contributed by atoms with Crippen molar-refractivity contribution in [2.24, 2.45) is 4.99 Å². The van der Waals surface area contributed by atoms with Crippen LogP contribution in [0.1, 0.15) is 0 Å². The Labute approximate surface area is 48.9 Å². The number of hydrogen-bond donors (Lipinski definition) is 0. The Hall–Kier alpha value is -0.630. The summed E-state index contributed by atoms with van der Waals surface area (Å²) in [5.41, 5.74) is 0. The van der Waals surface area contributed by atoms with Crippen molar-refractivity contribution in [2.75, 3.05) is 13.7 Å². The standard InChI is InChI=1S/C6H8NO/c1-8-6-3-2-4-7-5-6/h2-4H,5H2,1H3. The number of aliphatic imine (C=N–C) groups is 1. The first-order chi connectivity index (χ1) is 3.93. The minimum Gasteiger partial charge on any atom is -0.369 e. The van der Waals surface area contributed by atoms with E-state index in [0.717, 1.165) is 6.10 Å². The topological polar surface area (TPSA) is 21.6 Å². The van der Waals surface area contributed by atoms with E-state index in [0.29, 0.717) is 6.54 Å². The molecule has 0 fully saturated rings. The molecule has 0 bridgehead atoms. The highest BCUT2D eigenvalue weighted by atomic mass is 16.5. The SMILES string of the molecule is CO[C]1C=CC=NC1. The smallest absolute Gasteiger partial charge is 0.140 e. The highest BCUT2D eigenvalue weighted by molar-refractivity contribution is 5.72. The number of rotatable bonds is 1. The number of methoxy groups -OCH3 is 1. The van der Waals surface area contributed by atoms with E-state index >= 15 is 0 Å². The van der Waals surface area contributed by atoms with Crippen LogP contribution < -0.4 is 0 Å². The van der Waals surface area contributed by atoms with Gasteiger partial charge in [0.1, 0.15) is 6.10 Å². The van der Waals surface area contributed by atoms with Crippen LogP contribution in [0.4, 0.5) is 0 Å². The highest BCUT2D eigenvalue weighted by Crippen LogP contribution is 2.04. The second kappa shape index (κ2) is 2.62. The molecule has 2 nitrogen and oxygen atoms in total.